The molecule has 0 radical (unpaired) electrons. The minimum absolute atomic E-state index is 0.0443. The molecule has 0 unspecified atom stereocenters. The summed E-state index contributed by atoms with van der Waals surface area (Å²) in [6, 6.07) is 14.7. The maximum absolute atomic E-state index is 14.5. The van der Waals surface area contributed by atoms with Crippen molar-refractivity contribution in [3.8, 4) is 5.69 Å². The summed E-state index contributed by atoms with van der Waals surface area (Å²) < 4.78 is 18.1. The number of aryl methyl sites for hydroxylation is 1. The number of nitrogens with zero attached hydrogens (tertiary/aromatic N) is 4. The van der Waals surface area contributed by atoms with Gasteiger partial charge in [0.05, 0.1) is 40.6 Å². The molecule has 2 aromatic heterocycles. The Bertz CT molecular complexity index is 1550. The first-order valence-corrected chi connectivity index (χ1v) is 14.6. The summed E-state index contributed by atoms with van der Waals surface area (Å²) in [5.41, 5.74) is 4.90. The lowest BCUT2D eigenvalue weighted by molar-refractivity contribution is -0.00765. The number of benzene rings is 2. The quantitative estimate of drug-likeness (QED) is 0.271. The molecule has 4 aliphatic rings. The van der Waals surface area contributed by atoms with Gasteiger partial charge in [0.25, 0.3) is 5.91 Å². The minimum Gasteiger partial charge on any atom is -0.319 e. The van der Waals surface area contributed by atoms with Crippen LogP contribution in [0.5, 0.6) is 0 Å². The largest absolute Gasteiger partial charge is 0.319 e. The highest BCUT2D eigenvalue weighted by atomic mass is 35.5. The zero-order valence-electron chi connectivity index (χ0n) is 22.8. The number of rotatable bonds is 6. The van der Waals surface area contributed by atoms with E-state index in [9.17, 15) is 9.18 Å². The second-order valence-electron chi connectivity index (χ2n) is 12.2. The lowest BCUT2D eigenvalue weighted by Crippen LogP contribution is -2.49. The van der Waals surface area contributed by atoms with Crippen molar-refractivity contribution < 1.29 is 9.18 Å². The van der Waals surface area contributed by atoms with Crippen molar-refractivity contribution in [3.63, 3.8) is 0 Å². The third-order valence-corrected chi connectivity index (χ3v) is 9.86. The first-order valence-electron chi connectivity index (χ1n) is 14.2. The van der Waals surface area contributed by atoms with Crippen molar-refractivity contribution in [1.82, 2.24) is 19.6 Å². The van der Waals surface area contributed by atoms with Gasteiger partial charge in [-0.1, -0.05) is 35.9 Å². The van der Waals surface area contributed by atoms with Crippen LogP contribution in [0, 0.1) is 37.4 Å². The zero-order valence-corrected chi connectivity index (χ0v) is 23.6. The second kappa shape index (κ2) is 9.58. The van der Waals surface area contributed by atoms with E-state index in [0.29, 0.717) is 27.5 Å². The van der Waals surface area contributed by atoms with E-state index in [0.717, 1.165) is 54.1 Å². The molecule has 206 valence electrons. The van der Waals surface area contributed by atoms with Gasteiger partial charge in [-0.25, -0.2) is 9.07 Å². The number of halogens is 2. The van der Waals surface area contributed by atoms with Crippen molar-refractivity contribution in [3.05, 3.63) is 93.8 Å². The molecule has 2 heterocycles. The summed E-state index contributed by atoms with van der Waals surface area (Å²) in [5, 5.41) is 13.3. The van der Waals surface area contributed by atoms with Gasteiger partial charge in [0.15, 0.2) is 0 Å². The van der Waals surface area contributed by atoms with Gasteiger partial charge >= 0.3 is 0 Å². The second-order valence-corrected chi connectivity index (χ2v) is 12.6. The van der Waals surface area contributed by atoms with Crippen molar-refractivity contribution in [1.29, 1.82) is 0 Å². The van der Waals surface area contributed by atoms with Gasteiger partial charge in [0.1, 0.15) is 5.82 Å². The number of anilines is 1. The van der Waals surface area contributed by atoms with Crippen LogP contribution in [0.1, 0.15) is 71.5 Å². The maximum atomic E-state index is 14.5. The third kappa shape index (κ3) is 4.26. The fourth-order valence-corrected chi connectivity index (χ4v) is 8.31. The molecule has 8 rings (SSSR count). The predicted octanol–water partition coefficient (Wildman–Crippen LogP) is 7.25. The van der Waals surface area contributed by atoms with Crippen molar-refractivity contribution in [2.24, 2.45) is 17.8 Å². The fraction of sp³-hybridized carbons (Fsp3) is 0.406. The number of amides is 1. The van der Waals surface area contributed by atoms with Gasteiger partial charge in [-0.05, 0) is 94.4 Å². The molecule has 0 saturated heterocycles. The van der Waals surface area contributed by atoms with Crippen LogP contribution in [-0.4, -0.2) is 25.5 Å². The van der Waals surface area contributed by atoms with E-state index < -0.39 is 0 Å². The van der Waals surface area contributed by atoms with Crippen LogP contribution < -0.4 is 5.32 Å². The summed E-state index contributed by atoms with van der Waals surface area (Å²) in [6.45, 7) is 3.92. The van der Waals surface area contributed by atoms with E-state index in [1.54, 1.807) is 16.8 Å². The molecular formula is C32H33ClFN5O. The molecule has 8 heteroatoms. The lowest BCUT2D eigenvalue weighted by Gasteiger charge is -2.56. The number of para-hydroxylation sites is 1. The van der Waals surface area contributed by atoms with Gasteiger partial charge < -0.3 is 5.32 Å². The highest BCUT2D eigenvalue weighted by Gasteiger charge is 2.54. The Labute approximate surface area is 238 Å². The molecule has 6 nitrogen and oxygen atoms in total. The molecule has 4 aromatic rings. The van der Waals surface area contributed by atoms with E-state index in [1.165, 1.54) is 25.3 Å². The van der Waals surface area contributed by atoms with Gasteiger partial charge in [-0.2, -0.15) is 10.2 Å². The third-order valence-electron chi connectivity index (χ3n) is 9.51. The first-order chi connectivity index (χ1) is 19.3. The summed E-state index contributed by atoms with van der Waals surface area (Å²) in [7, 11) is 0. The Morgan fingerprint density at radius 2 is 1.68 bits per heavy atom. The average Bonchev–Trinajstić information content (AvgIpc) is 3.49. The number of hydrogen-bond donors (Lipinski definition) is 1. The molecule has 0 aliphatic heterocycles. The molecule has 1 N–H and O–H groups in total. The van der Waals surface area contributed by atoms with Crippen LogP contribution in [0.3, 0.4) is 0 Å². The highest BCUT2D eigenvalue weighted by Crippen LogP contribution is 2.61. The van der Waals surface area contributed by atoms with Crippen LogP contribution in [-0.2, 0) is 12.0 Å². The fourth-order valence-electron chi connectivity index (χ4n) is 8.09. The Balaban J connectivity index is 1.24. The average molecular weight is 558 g/mol. The van der Waals surface area contributed by atoms with Crippen LogP contribution in [0.2, 0.25) is 5.02 Å². The Morgan fingerprint density at radius 3 is 2.33 bits per heavy atom. The van der Waals surface area contributed by atoms with Gasteiger partial charge in [-0.15, -0.1) is 0 Å². The minimum atomic E-state index is -0.376. The van der Waals surface area contributed by atoms with Crippen molar-refractivity contribution in [2.75, 3.05) is 5.32 Å². The first kappa shape index (κ1) is 25.5. The van der Waals surface area contributed by atoms with E-state index in [1.807, 2.05) is 55.1 Å². The SMILES string of the molecule is Cc1nn(Cc2c(F)cccc2Cl)c(C)c1NC(=O)c1cn(-c2ccccc2)nc1C12CC3CC(CC(C3)C1)C2. The number of carbonyl (C=O) groups is 1. The summed E-state index contributed by atoms with van der Waals surface area (Å²) >= 11 is 6.28. The Morgan fingerprint density at radius 1 is 1.00 bits per heavy atom. The smallest absolute Gasteiger partial charge is 0.259 e. The number of hydrogen-bond acceptors (Lipinski definition) is 3. The van der Waals surface area contributed by atoms with Crippen LogP contribution >= 0.6 is 11.6 Å². The molecule has 4 aliphatic carbocycles. The number of nitrogens with one attached hydrogen (secondary N) is 1. The number of carbonyl (C=O) groups excluding carboxylic acids is 1. The Hall–Kier alpha value is -3.45. The molecule has 0 atom stereocenters. The molecule has 40 heavy (non-hydrogen) atoms. The maximum Gasteiger partial charge on any atom is 0.259 e. The summed E-state index contributed by atoms with van der Waals surface area (Å²) in [5.74, 6) is 1.65. The summed E-state index contributed by atoms with van der Waals surface area (Å²) in [6.07, 6.45) is 9.21. The number of aromatic nitrogens is 4. The topological polar surface area (TPSA) is 64.7 Å². The molecule has 1 amide bonds. The molecule has 4 saturated carbocycles. The van der Waals surface area contributed by atoms with Crippen LogP contribution in [0.25, 0.3) is 5.69 Å². The molecular weight excluding hydrogens is 525 g/mol. The van der Waals surface area contributed by atoms with Gasteiger partial charge in [-0.3, -0.25) is 9.48 Å². The zero-order chi connectivity index (χ0) is 27.6. The lowest BCUT2D eigenvalue weighted by atomic mass is 9.48. The molecule has 2 aromatic carbocycles. The van der Waals surface area contributed by atoms with Gasteiger partial charge in [0.2, 0.25) is 0 Å². The van der Waals surface area contributed by atoms with Crippen LogP contribution in [0.4, 0.5) is 10.1 Å². The normalized spacial score (nSPS) is 24.9. The molecule has 4 bridgehead atoms. The monoisotopic (exact) mass is 557 g/mol. The summed E-state index contributed by atoms with van der Waals surface area (Å²) in [4.78, 5) is 14.1. The van der Waals surface area contributed by atoms with E-state index >= 15 is 0 Å². The Kier molecular flexibility index (Phi) is 6.11. The van der Waals surface area contributed by atoms with Crippen LogP contribution in [0.15, 0.2) is 54.7 Å². The predicted molar refractivity (Wildman–Crippen MR) is 154 cm³/mol. The van der Waals surface area contributed by atoms with Gasteiger partial charge in [0, 0.05) is 22.2 Å². The molecule has 4 fully saturated rings. The standard InChI is InChI=1S/C32H33ClFN5O/c1-19-29(20(2)38(36-19)17-25-27(33)9-6-10-28(25)34)35-31(40)26-18-39(24-7-4-3-5-8-24)37-30(26)32-14-21-11-22(15-32)13-23(12-21)16-32/h3-10,18,21-23H,11-17H2,1-2H3,(H,35,40). The van der Waals surface area contributed by atoms with Crippen molar-refractivity contribution >= 4 is 23.2 Å². The van der Waals surface area contributed by atoms with E-state index in [2.05, 4.69) is 10.4 Å². The molecule has 0 spiro atoms. The van der Waals surface area contributed by atoms with E-state index in [4.69, 9.17) is 16.7 Å². The van der Waals surface area contributed by atoms with Crippen molar-refractivity contribution in [2.45, 2.75) is 64.3 Å². The van der Waals surface area contributed by atoms with E-state index in [-0.39, 0.29) is 23.7 Å². The highest BCUT2D eigenvalue weighted by molar-refractivity contribution is 6.31.